The summed E-state index contributed by atoms with van der Waals surface area (Å²) < 4.78 is 5.86. The topological polar surface area (TPSA) is 39.2 Å². The van der Waals surface area contributed by atoms with Crippen LogP contribution in [0.4, 0.5) is 0 Å². The zero-order valence-electron chi connectivity index (χ0n) is 11.0. The molecule has 0 amide bonds. The predicted molar refractivity (Wildman–Crippen MR) is 78.4 cm³/mol. The van der Waals surface area contributed by atoms with Crippen molar-refractivity contribution in [3.8, 4) is 11.5 Å². The van der Waals surface area contributed by atoms with Gasteiger partial charge in [0.05, 0.1) is 5.52 Å². The SMILES string of the molecule is Cc1cc(C=O)ccc1Oc1ccc2cccnc2c1. The van der Waals surface area contributed by atoms with Crippen LogP contribution in [0.1, 0.15) is 15.9 Å². The van der Waals surface area contributed by atoms with Crippen molar-refractivity contribution in [2.24, 2.45) is 0 Å². The van der Waals surface area contributed by atoms with E-state index in [0.717, 1.165) is 34.3 Å². The van der Waals surface area contributed by atoms with Gasteiger partial charge in [-0.25, -0.2) is 0 Å². The van der Waals surface area contributed by atoms with Gasteiger partial charge in [0.1, 0.15) is 17.8 Å². The van der Waals surface area contributed by atoms with E-state index in [-0.39, 0.29) is 0 Å². The molecule has 20 heavy (non-hydrogen) atoms. The van der Waals surface area contributed by atoms with Crippen LogP contribution in [0, 0.1) is 6.92 Å². The number of aldehydes is 1. The molecule has 3 rings (SSSR count). The van der Waals surface area contributed by atoms with Gasteiger partial charge in [-0.05, 0) is 48.9 Å². The minimum atomic E-state index is 0.648. The second-order valence-electron chi connectivity index (χ2n) is 4.60. The van der Waals surface area contributed by atoms with E-state index in [9.17, 15) is 4.79 Å². The van der Waals surface area contributed by atoms with Gasteiger partial charge in [-0.3, -0.25) is 9.78 Å². The van der Waals surface area contributed by atoms with Gasteiger partial charge >= 0.3 is 0 Å². The summed E-state index contributed by atoms with van der Waals surface area (Å²) in [6.07, 6.45) is 2.59. The minimum absolute atomic E-state index is 0.648. The van der Waals surface area contributed by atoms with Crippen molar-refractivity contribution >= 4 is 17.2 Å². The lowest BCUT2D eigenvalue weighted by atomic mass is 10.1. The summed E-state index contributed by atoms with van der Waals surface area (Å²) in [6.45, 7) is 1.92. The first-order valence-corrected chi connectivity index (χ1v) is 6.35. The molecular formula is C17H13NO2. The summed E-state index contributed by atoms with van der Waals surface area (Å²) in [4.78, 5) is 15.0. The number of aryl methyl sites for hydroxylation is 1. The van der Waals surface area contributed by atoms with Crippen molar-refractivity contribution in [1.82, 2.24) is 4.98 Å². The number of ether oxygens (including phenoxy) is 1. The van der Waals surface area contributed by atoms with Crippen LogP contribution in [0.25, 0.3) is 10.9 Å². The fraction of sp³-hybridized carbons (Fsp3) is 0.0588. The predicted octanol–water partition coefficient (Wildman–Crippen LogP) is 4.15. The average molecular weight is 263 g/mol. The highest BCUT2D eigenvalue weighted by Gasteiger charge is 2.04. The molecule has 98 valence electrons. The number of rotatable bonds is 3. The molecule has 0 unspecified atom stereocenters. The van der Waals surface area contributed by atoms with E-state index >= 15 is 0 Å². The minimum Gasteiger partial charge on any atom is -0.457 e. The normalized spacial score (nSPS) is 10.4. The third-order valence-corrected chi connectivity index (χ3v) is 3.14. The quantitative estimate of drug-likeness (QED) is 0.666. The van der Waals surface area contributed by atoms with Gasteiger partial charge in [-0.15, -0.1) is 0 Å². The molecule has 1 aromatic heterocycles. The molecule has 0 aliphatic carbocycles. The zero-order valence-corrected chi connectivity index (χ0v) is 11.0. The molecular weight excluding hydrogens is 250 g/mol. The largest absolute Gasteiger partial charge is 0.457 e. The number of carbonyl (C=O) groups is 1. The van der Waals surface area contributed by atoms with Crippen molar-refractivity contribution in [1.29, 1.82) is 0 Å². The van der Waals surface area contributed by atoms with E-state index in [1.54, 1.807) is 12.3 Å². The third kappa shape index (κ3) is 2.38. The van der Waals surface area contributed by atoms with Crippen LogP contribution in [-0.2, 0) is 0 Å². The molecule has 0 fully saturated rings. The Bertz CT molecular complexity index is 781. The lowest BCUT2D eigenvalue weighted by Crippen LogP contribution is -1.90. The van der Waals surface area contributed by atoms with Crippen LogP contribution in [0.2, 0.25) is 0 Å². The highest BCUT2D eigenvalue weighted by atomic mass is 16.5. The van der Waals surface area contributed by atoms with Crippen molar-refractivity contribution < 1.29 is 9.53 Å². The van der Waals surface area contributed by atoms with E-state index < -0.39 is 0 Å². The summed E-state index contributed by atoms with van der Waals surface area (Å²) >= 11 is 0. The van der Waals surface area contributed by atoms with Gasteiger partial charge < -0.3 is 4.74 Å². The standard InChI is InChI=1S/C17H13NO2/c1-12-9-13(11-19)4-7-17(12)20-15-6-5-14-3-2-8-18-16(14)10-15/h2-11H,1H3. The Morgan fingerprint density at radius 3 is 2.80 bits per heavy atom. The lowest BCUT2D eigenvalue weighted by molar-refractivity contribution is 0.112. The van der Waals surface area contributed by atoms with Crippen LogP contribution in [-0.4, -0.2) is 11.3 Å². The Labute approximate surface area is 116 Å². The number of hydrogen-bond acceptors (Lipinski definition) is 3. The number of aromatic nitrogens is 1. The van der Waals surface area contributed by atoms with E-state index in [4.69, 9.17) is 4.74 Å². The zero-order chi connectivity index (χ0) is 13.9. The first kappa shape index (κ1) is 12.4. The fourth-order valence-corrected chi connectivity index (χ4v) is 2.10. The molecule has 3 nitrogen and oxygen atoms in total. The van der Waals surface area contributed by atoms with Gasteiger partial charge in [0.2, 0.25) is 0 Å². The second-order valence-corrected chi connectivity index (χ2v) is 4.60. The highest BCUT2D eigenvalue weighted by molar-refractivity contribution is 5.80. The highest BCUT2D eigenvalue weighted by Crippen LogP contribution is 2.27. The smallest absolute Gasteiger partial charge is 0.150 e. The Morgan fingerprint density at radius 2 is 2.00 bits per heavy atom. The first-order chi connectivity index (χ1) is 9.76. The molecule has 0 N–H and O–H groups in total. The lowest BCUT2D eigenvalue weighted by Gasteiger charge is -2.09. The Hall–Kier alpha value is -2.68. The van der Waals surface area contributed by atoms with Crippen LogP contribution >= 0.6 is 0 Å². The number of pyridine rings is 1. The van der Waals surface area contributed by atoms with Crippen LogP contribution < -0.4 is 4.74 Å². The maximum atomic E-state index is 10.7. The Morgan fingerprint density at radius 1 is 1.10 bits per heavy atom. The fourth-order valence-electron chi connectivity index (χ4n) is 2.10. The molecule has 0 aliphatic heterocycles. The number of hydrogen-bond donors (Lipinski definition) is 0. The molecule has 0 atom stereocenters. The van der Waals surface area contributed by atoms with E-state index in [0.29, 0.717) is 5.56 Å². The molecule has 0 bridgehead atoms. The van der Waals surface area contributed by atoms with Crippen molar-refractivity contribution in [2.75, 3.05) is 0 Å². The summed E-state index contributed by atoms with van der Waals surface area (Å²) in [6, 6.07) is 15.1. The molecule has 0 aliphatic rings. The molecule has 3 heteroatoms. The number of fused-ring (bicyclic) bond motifs is 1. The van der Waals surface area contributed by atoms with Crippen molar-refractivity contribution in [3.63, 3.8) is 0 Å². The Balaban J connectivity index is 1.94. The third-order valence-electron chi connectivity index (χ3n) is 3.14. The maximum absolute atomic E-state index is 10.7. The summed E-state index contributed by atoms with van der Waals surface area (Å²) in [5.74, 6) is 1.48. The summed E-state index contributed by atoms with van der Waals surface area (Å²) in [5, 5.41) is 1.08. The van der Waals surface area contributed by atoms with Gasteiger partial charge in [0, 0.05) is 23.2 Å². The van der Waals surface area contributed by atoms with Crippen LogP contribution in [0.5, 0.6) is 11.5 Å². The maximum Gasteiger partial charge on any atom is 0.150 e. The molecule has 0 radical (unpaired) electrons. The van der Waals surface area contributed by atoms with E-state index in [1.807, 2.05) is 49.4 Å². The average Bonchev–Trinajstić information content (AvgIpc) is 2.49. The van der Waals surface area contributed by atoms with E-state index in [2.05, 4.69) is 4.98 Å². The number of carbonyl (C=O) groups excluding carboxylic acids is 1. The monoisotopic (exact) mass is 263 g/mol. The second kappa shape index (κ2) is 5.13. The number of benzene rings is 2. The molecule has 0 saturated heterocycles. The van der Waals surface area contributed by atoms with Gasteiger partial charge in [0.15, 0.2) is 0 Å². The van der Waals surface area contributed by atoms with Gasteiger partial charge in [0.25, 0.3) is 0 Å². The van der Waals surface area contributed by atoms with Crippen molar-refractivity contribution in [3.05, 3.63) is 65.9 Å². The summed E-state index contributed by atoms with van der Waals surface area (Å²) in [5.41, 5.74) is 2.47. The first-order valence-electron chi connectivity index (χ1n) is 6.35. The molecule has 2 aromatic carbocycles. The molecule has 0 spiro atoms. The molecule has 0 saturated carbocycles. The van der Waals surface area contributed by atoms with Crippen LogP contribution in [0.15, 0.2) is 54.7 Å². The molecule has 1 heterocycles. The molecule has 3 aromatic rings. The van der Waals surface area contributed by atoms with Gasteiger partial charge in [-0.1, -0.05) is 6.07 Å². The number of nitrogens with zero attached hydrogens (tertiary/aromatic N) is 1. The van der Waals surface area contributed by atoms with Crippen LogP contribution in [0.3, 0.4) is 0 Å². The van der Waals surface area contributed by atoms with Gasteiger partial charge in [-0.2, -0.15) is 0 Å². The summed E-state index contributed by atoms with van der Waals surface area (Å²) in [7, 11) is 0. The van der Waals surface area contributed by atoms with Crippen molar-refractivity contribution in [2.45, 2.75) is 6.92 Å². The Kier molecular flexibility index (Phi) is 3.17. The van der Waals surface area contributed by atoms with E-state index in [1.165, 1.54) is 0 Å².